The number of fused-ring (bicyclic) bond motifs is 1. The van der Waals surface area contributed by atoms with Crippen molar-refractivity contribution >= 4 is 5.69 Å². The van der Waals surface area contributed by atoms with E-state index in [1.807, 2.05) is 28.9 Å². The fourth-order valence-electron chi connectivity index (χ4n) is 3.70. The summed E-state index contributed by atoms with van der Waals surface area (Å²) in [5.41, 5.74) is 17.0. The first-order valence-electron chi connectivity index (χ1n) is 9.53. The van der Waals surface area contributed by atoms with E-state index in [0.29, 0.717) is 24.5 Å². The summed E-state index contributed by atoms with van der Waals surface area (Å²) in [7, 11) is 0. The van der Waals surface area contributed by atoms with Crippen LogP contribution in [0.15, 0.2) is 60.7 Å². The molecule has 5 nitrogen and oxygen atoms in total. The zero-order valence-electron chi connectivity index (χ0n) is 16.1. The summed E-state index contributed by atoms with van der Waals surface area (Å²) in [5.74, 6) is -0.572. The number of hydrogen-bond acceptors (Lipinski definition) is 5. The van der Waals surface area contributed by atoms with Gasteiger partial charge in [-0.05, 0) is 54.1 Å². The highest BCUT2D eigenvalue weighted by molar-refractivity contribution is 5.65. The van der Waals surface area contributed by atoms with Gasteiger partial charge in [-0.2, -0.15) is 0 Å². The number of benzene rings is 2. The Balaban J connectivity index is 1.75. The molecule has 0 fully saturated rings. The summed E-state index contributed by atoms with van der Waals surface area (Å²) < 4.78 is 26.6. The van der Waals surface area contributed by atoms with E-state index in [-0.39, 0.29) is 11.6 Å². The number of anilines is 1. The number of pyridine rings is 1. The first kappa shape index (κ1) is 19.4. The van der Waals surface area contributed by atoms with Crippen LogP contribution in [0.1, 0.15) is 24.3 Å². The second-order valence-corrected chi connectivity index (χ2v) is 7.05. The normalized spacial score (nSPS) is 19.3. The second kappa shape index (κ2) is 7.87. The predicted molar refractivity (Wildman–Crippen MR) is 109 cm³/mol. The molecular formula is C22H23F2N5. The summed E-state index contributed by atoms with van der Waals surface area (Å²) >= 11 is 0. The lowest BCUT2D eigenvalue weighted by molar-refractivity contribution is 0.126. The lowest BCUT2D eigenvalue weighted by atomic mass is 10.1. The molecule has 0 saturated carbocycles. The molecule has 4 rings (SSSR count). The molecule has 2 atom stereocenters. The Hall–Kier alpha value is -2.87. The Morgan fingerprint density at radius 3 is 2.14 bits per heavy atom. The van der Waals surface area contributed by atoms with Gasteiger partial charge in [-0.15, -0.1) is 0 Å². The third-order valence-corrected chi connectivity index (χ3v) is 5.28. The Bertz CT molecular complexity index is 991. The minimum atomic E-state index is -0.463. The Kier molecular flexibility index (Phi) is 5.27. The number of halogens is 2. The largest absolute Gasteiger partial charge is 0.337 e. The van der Waals surface area contributed by atoms with E-state index in [0.717, 1.165) is 16.8 Å². The first-order valence-corrected chi connectivity index (χ1v) is 9.53. The van der Waals surface area contributed by atoms with Gasteiger partial charge < -0.3 is 10.6 Å². The summed E-state index contributed by atoms with van der Waals surface area (Å²) in [5, 5.41) is 0. The minimum Gasteiger partial charge on any atom is -0.337 e. The van der Waals surface area contributed by atoms with E-state index in [1.54, 1.807) is 24.3 Å². The summed E-state index contributed by atoms with van der Waals surface area (Å²) in [4.78, 5) is 8.75. The van der Waals surface area contributed by atoms with E-state index >= 15 is 0 Å². The van der Waals surface area contributed by atoms with E-state index in [1.165, 1.54) is 24.3 Å². The molecule has 0 bridgehead atoms. The van der Waals surface area contributed by atoms with Gasteiger partial charge in [-0.25, -0.2) is 13.8 Å². The molecule has 2 heterocycles. The van der Waals surface area contributed by atoms with Gasteiger partial charge in [-0.1, -0.05) is 19.1 Å². The van der Waals surface area contributed by atoms with Gasteiger partial charge in [0.15, 0.2) is 0 Å². The van der Waals surface area contributed by atoms with E-state index in [4.69, 9.17) is 16.5 Å². The molecule has 0 aliphatic carbocycles. The van der Waals surface area contributed by atoms with Crippen LogP contribution in [-0.2, 0) is 6.54 Å². The number of nitrogens with zero attached hydrogens (tertiary/aromatic N) is 3. The van der Waals surface area contributed by atoms with Crippen LogP contribution in [0.5, 0.6) is 0 Å². The first-order chi connectivity index (χ1) is 14.0. The molecule has 29 heavy (non-hydrogen) atoms. The average Bonchev–Trinajstić information content (AvgIpc) is 2.73. The molecule has 1 aliphatic rings. The maximum absolute atomic E-state index is 13.3. The molecule has 4 N–H and O–H groups in total. The van der Waals surface area contributed by atoms with Crippen molar-refractivity contribution in [2.45, 2.75) is 25.9 Å². The maximum Gasteiger partial charge on any atom is 0.136 e. The van der Waals surface area contributed by atoms with Crippen LogP contribution in [0.25, 0.3) is 11.3 Å². The van der Waals surface area contributed by atoms with Gasteiger partial charge in [0.05, 0.1) is 17.1 Å². The molecule has 0 radical (unpaired) electrons. The Morgan fingerprint density at radius 1 is 0.897 bits per heavy atom. The van der Waals surface area contributed by atoms with Gasteiger partial charge in [0, 0.05) is 18.7 Å². The number of aromatic nitrogens is 1. The quantitative estimate of drug-likeness (QED) is 0.707. The van der Waals surface area contributed by atoms with Crippen molar-refractivity contribution in [2.75, 3.05) is 11.4 Å². The van der Waals surface area contributed by atoms with Crippen LogP contribution in [0.2, 0.25) is 0 Å². The second-order valence-electron chi connectivity index (χ2n) is 7.05. The lowest BCUT2D eigenvalue weighted by Crippen LogP contribution is -2.60. The SMILES string of the molecule is CCN1C(N)c2nc(-c3ccc(F)cc3)ccc2N(Cc2ccc(F)cc2)C1N. The standard InChI is InChI=1S/C22H23F2N5/c1-2-28-21(25)20-19(12-11-18(27-20)15-5-9-17(24)10-6-15)29(22(28)26)13-14-3-7-16(23)8-4-14/h3-12,21-22H,2,13,25-26H2,1H3. The minimum absolute atomic E-state index is 0.278. The topological polar surface area (TPSA) is 71.4 Å². The van der Waals surface area contributed by atoms with E-state index in [9.17, 15) is 8.78 Å². The van der Waals surface area contributed by atoms with Gasteiger partial charge in [0.1, 0.15) is 24.1 Å². The molecule has 7 heteroatoms. The van der Waals surface area contributed by atoms with Crippen molar-refractivity contribution in [2.24, 2.45) is 11.5 Å². The van der Waals surface area contributed by atoms with Crippen LogP contribution in [0, 0.1) is 11.6 Å². The van der Waals surface area contributed by atoms with Crippen molar-refractivity contribution in [1.29, 1.82) is 0 Å². The molecule has 1 aromatic heterocycles. The summed E-state index contributed by atoms with van der Waals surface area (Å²) in [6.07, 6.45) is -0.902. The molecule has 1 aliphatic heterocycles. The van der Waals surface area contributed by atoms with Gasteiger partial charge in [0.2, 0.25) is 0 Å². The van der Waals surface area contributed by atoms with Crippen LogP contribution in [0.3, 0.4) is 0 Å². The van der Waals surface area contributed by atoms with E-state index < -0.39 is 12.5 Å². The molecular weight excluding hydrogens is 372 g/mol. The summed E-state index contributed by atoms with van der Waals surface area (Å²) in [6.45, 7) is 3.13. The number of hydrogen-bond donors (Lipinski definition) is 2. The molecule has 150 valence electrons. The Labute approximate surface area is 168 Å². The van der Waals surface area contributed by atoms with Crippen molar-refractivity contribution in [3.8, 4) is 11.3 Å². The van der Waals surface area contributed by atoms with Crippen LogP contribution < -0.4 is 16.4 Å². The molecule has 0 amide bonds. The van der Waals surface area contributed by atoms with E-state index in [2.05, 4.69) is 0 Å². The molecule has 2 unspecified atom stereocenters. The number of nitrogens with two attached hydrogens (primary N) is 2. The van der Waals surface area contributed by atoms with Crippen LogP contribution in [-0.4, -0.2) is 22.7 Å². The van der Waals surface area contributed by atoms with Crippen molar-refractivity contribution < 1.29 is 8.78 Å². The highest BCUT2D eigenvalue weighted by Gasteiger charge is 2.35. The highest BCUT2D eigenvalue weighted by atomic mass is 19.1. The zero-order valence-corrected chi connectivity index (χ0v) is 16.1. The van der Waals surface area contributed by atoms with Gasteiger partial charge >= 0.3 is 0 Å². The van der Waals surface area contributed by atoms with Gasteiger partial charge in [0.25, 0.3) is 0 Å². The predicted octanol–water partition coefficient (Wildman–Crippen LogP) is 3.57. The fraction of sp³-hybridized carbons (Fsp3) is 0.227. The van der Waals surface area contributed by atoms with Crippen molar-refractivity contribution in [3.63, 3.8) is 0 Å². The number of rotatable bonds is 4. The van der Waals surface area contributed by atoms with Crippen LogP contribution >= 0.6 is 0 Å². The molecule has 3 aromatic rings. The Morgan fingerprint density at radius 2 is 1.52 bits per heavy atom. The molecule has 2 aromatic carbocycles. The fourth-order valence-corrected chi connectivity index (χ4v) is 3.70. The van der Waals surface area contributed by atoms with Crippen molar-refractivity contribution in [1.82, 2.24) is 9.88 Å². The lowest BCUT2D eigenvalue weighted by Gasteiger charge is -2.46. The average molecular weight is 395 g/mol. The van der Waals surface area contributed by atoms with Crippen LogP contribution in [0.4, 0.5) is 14.5 Å². The van der Waals surface area contributed by atoms with Crippen molar-refractivity contribution in [3.05, 3.63) is 83.6 Å². The zero-order chi connectivity index (χ0) is 20.5. The molecule has 0 spiro atoms. The highest BCUT2D eigenvalue weighted by Crippen LogP contribution is 2.36. The third-order valence-electron chi connectivity index (χ3n) is 5.28. The molecule has 0 saturated heterocycles. The smallest absolute Gasteiger partial charge is 0.136 e. The third kappa shape index (κ3) is 3.72. The maximum atomic E-state index is 13.3. The van der Waals surface area contributed by atoms with Gasteiger partial charge in [-0.3, -0.25) is 10.6 Å². The monoisotopic (exact) mass is 395 g/mol. The summed E-state index contributed by atoms with van der Waals surface area (Å²) in [6, 6.07) is 16.4.